The average Bonchev–Trinajstić information content (AvgIpc) is 3.05. The van der Waals surface area contributed by atoms with Gasteiger partial charge in [-0.05, 0) is 48.1 Å². The van der Waals surface area contributed by atoms with Crippen LogP contribution in [0.25, 0.3) is 5.69 Å². The highest BCUT2D eigenvalue weighted by molar-refractivity contribution is 6.30. The standard InChI is InChI=1S/C21H19ClFN3O2/c22-16-6-7-19(26-13-17(23)12-25-26)18(8-16)15-10-21(11-15,28-20(24)27)9-14-4-2-1-3-5-14/h1-8,12-13,15H,9-11H2,(H2,24,27). The molecule has 1 aliphatic carbocycles. The molecule has 1 heterocycles. The lowest BCUT2D eigenvalue weighted by molar-refractivity contribution is -0.0565. The molecule has 7 heteroatoms. The molecule has 0 unspecified atom stereocenters. The number of halogens is 2. The molecule has 144 valence electrons. The first-order chi connectivity index (χ1) is 13.4. The Balaban J connectivity index is 1.62. The summed E-state index contributed by atoms with van der Waals surface area (Å²) in [4.78, 5) is 11.5. The van der Waals surface area contributed by atoms with Gasteiger partial charge in [-0.1, -0.05) is 41.9 Å². The van der Waals surface area contributed by atoms with Gasteiger partial charge < -0.3 is 10.5 Å². The predicted octanol–water partition coefficient (Wildman–Crippen LogP) is 4.62. The molecule has 4 rings (SSSR count). The molecule has 0 aliphatic heterocycles. The maximum absolute atomic E-state index is 13.4. The van der Waals surface area contributed by atoms with Crippen molar-refractivity contribution in [2.45, 2.75) is 30.8 Å². The van der Waals surface area contributed by atoms with Gasteiger partial charge in [-0.25, -0.2) is 13.9 Å². The molecule has 0 atom stereocenters. The van der Waals surface area contributed by atoms with E-state index in [4.69, 9.17) is 22.1 Å². The summed E-state index contributed by atoms with van der Waals surface area (Å²) in [5.74, 6) is -0.325. The molecule has 1 aromatic heterocycles. The van der Waals surface area contributed by atoms with Crippen LogP contribution >= 0.6 is 11.6 Å². The van der Waals surface area contributed by atoms with E-state index in [0.29, 0.717) is 24.3 Å². The lowest BCUT2D eigenvalue weighted by atomic mass is 9.65. The topological polar surface area (TPSA) is 70.1 Å². The van der Waals surface area contributed by atoms with Crippen LogP contribution in [0.3, 0.4) is 0 Å². The van der Waals surface area contributed by atoms with Crippen molar-refractivity contribution in [3.8, 4) is 5.69 Å². The number of nitrogens with zero attached hydrogens (tertiary/aromatic N) is 2. The Morgan fingerprint density at radius 3 is 2.68 bits per heavy atom. The highest BCUT2D eigenvalue weighted by Crippen LogP contribution is 2.50. The number of primary amides is 1. The highest BCUT2D eigenvalue weighted by Gasteiger charge is 2.48. The largest absolute Gasteiger partial charge is 0.443 e. The molecular formula is C21H19ClFN3O2. The van der Waals surface area contributed by atoms with Crippen LogP contribution in [0, 0.1) is 5.82 Å². The SMILES string of the molecule is NC(=O)OC1(Cc2ccccc2)CC(c2cc(Cl)ccc2-n2cc(F)cn2)C1. The Hall–Kier alpha value is -2.86. The lowest BCUT2D eigenvalue weighted by Crippen LogP contribution is -2.49. The minimum Gasteiger partial charge on any atom is -0.443 e. The molecule has 0 spiro atoms. The zero-order chi connectivity index (χ0) is 19.7. The smallest absolute Gasteiger partial charge is 0.405 e. The molecule has 1 saturated carbocycles. The predicted molar refractivity (Wildman–Crippen MR) is 104 cm³/mol. The first-order valence-electron chi connectivity index (χ1n) is 8.96. The summed E-state index contributed by atoms with van der Waals surface area (Å²) in [5.41, 5.74) is 7.44. The maximum Gasteiger partial charge on any atom is 0.405 e. The van der Waals surface area contributed by atoms with Gasteiger partial charge in [0.05, 0.1) is 18.1 Å². The van der Waals surface area contributed by atoms with E-state index in [0.717, 1.165) is 23.0 Å². The van der Waals surface area contributed by atoms with Gasteiger partial charge in [-0.3, -0.25) is 0 Å². The third kappa shape index (κ3) is 3.73. The Morgan fingerprint density at radius 1 is 1.29 bits per heavy atom. The fourth-order valence-electron chi connectivity index (χ4n) is 4.00. The van der Waals surface area contributed by atoms with Gasteiger partial charge in [0.1, 0.15) is 5.60 Å². The van der Waals surface area contributed by atoms with E-state index in [1.807, 2.05) is 42.5 Å². The van der Waals surface area contributed by atoms with Crippen molar-refractivity contribution < 1.29 is 13.9 Å². The first kappa shape index (κ1) is 18.5. The molecule has 5 nitrogen and oxygen atoms in total. The van der Waals surface area contributed by atoms with Gasteiger partial charge in [-0.2, -0.15) is 5.10 Å². The molecule has 1 fully saturated rings. The third-order valence-corrected chi connectivity index (χ3v) is 5.39. The summed E-state index contributed by atoms with van der Waals surface area (Å²) in [5, 5.41) is 4.65. The van der Waals surface area contributed by atoms with Crippen LogP contribution in [-0.4, -0.2) is 21.5 Å². The van der Waals surface area contributed by atoms with Crippen molar-refractivity contribution in [2.75, 3.05) is 0 Å². The van der Waals surface area contributed by atoms with Gasteiger partial charge >= 0.3 is 6.09 Å². The number of hydrogen-bond acceptors (Lipinski definition) is 3. The Labute approximate surface area is 166 Å². The number of nitrogens with two attached hydrogens (primary N) is 1. The van der Waals surface area contributed by atoms with E-state index >= 15 is 0 Å². The number of ether oxygens (including phenoxy) is 1. The summed E-state index contributed by atoms with van der Waals surface area (Å²) < 4.78 is 20.5. The van der Waals surface area contributed by atoms with E-state index in [1.54, 1.807) is 6.07 Å². The van der Waals surface area contributed by atoms with Crippen molar-refractivity contribution in [3.05, 3.63) is 82.9 Å². The van der Waals surface area contributed by atoms with Crippen LogP contribution in [0.5, 0.6) is 0 Å². The Bertz CT molecular complexity index is 1000. The van der Waals surface area contributed by atoms with Gasteiger partial charge in [-0.15, -0.1) is 0 Å². The van der Waals surface area contributed by atoms with Crippen molar-refractivity contribution in [1.82, 2.24) is 9.78 Å². The van der Waals surface area contributed by atoms with Gasteiger partial charge in [0.2, 0.25) is 0 Å². The maximum atomic E-state index is 13.4. The van der Waals surface area contributed by atoms with Crippen molar-refractivity contribution in [3.63, 3.8) is 0 Å². The fraction of sp³-hybridized carbons (Fsp3) is 0.238. The quantitative estimate of drug-likeness (QED) is 0.680. The van der Waals surface area contributed by atoms with E-state index in [9.17, 15) is 9.18 Å². The van der Waals surface area contributed by atoms with Crippen molar-refractivity contribution in [1.29, 1.82) is 0 Å². The van der Waals surface area contributed by atoms with Crippen molar-refractivity contribution >= 4 is 17.7 Å². The van der Waals surface area contributed by atoms with Crippen LogP contribution < -0.4 is 5.73 Å². The Morgan fingerprint density at radius 2 is 2.04 bits per heavy atom. The number of hydrogen-bond donors (Lipinski definition) is 1. The van der Waals surface area contributed by atoms with Gasteiger partial charge in [0.25, 0.3) is 0 Å². The summed E-state index contributed by atoms with van der Waals surface area (Å²) in [6.45, 7) is 0. The van der Waals surface area contributed by atoms with E-state index in [1.165, 1.54) is 10.9 Å². The second kappa shape index (κ2) is 7.28. The van der Waals surface area contributed by atoms with Gasteiger partial charge in [0, 0.05) is 11.4 Å². The molecule has 3 aromatic rings. The molecule has 0 bridgehead atoms. The lowest BCUT2D eigenvalue weighted by Gasteiger charge is -2.47. The normalized spacial score (nSPS) is 21.1. The second-order valence-electron chi connectivity index (χ2n) is 7.18. The minimum atomic E-state index is -0.783. The molecule has 2 N–H and O–H groups in total. The monoisotopic (exact) mass is 399 g/mol. The highest BCUT2D eigenvalue weighted by atomic mass is 35.5. The summed E-state index contributed by atoms with van der Waals surface area (Å²) in [6, 6.07) is 15.3. The molecular weight excluding hydrogens is 381 g/mol. The molecule has 0 radical (unpaired) electrons. The molecule has 1 amide bonds. The van der Waals surface area contributed by atoms with E-state index in [-0.39, 0.29) is 5.92 Å². The first-order valence-corrected chi connectivity index (χ1v) is 9.34. The minimum absolute atomic E-state index is 0.0871. The summed E-state index contributed by atoms with van der Waals surface area (Å²) in [6.07, 6.45) is 3.48. The summed E-state index contributed by atoms with van der Waals surface area (Å²) in [7, 11) is 0. The van der Waals surface area contributed by atoms with Crippen LogP contribution in [0.4, 0.5) is 9.18 Å². The number of rotatable bonds is 5. The zero-order valence-electron chi connectivity index (χ0n) is 15.0. The van der Waals surface area contributed by atoms with Crippen LogP contribution in [0.1, 0.15) is 29.9 Å². The molecule has 28 heavy (non-hydrogen) atoms. The average molecular weight is 400 g/mol. The number of carbonyl (C=O) groups is 1. The number of carbonyl (C=O) groups excluding carboxylic acids is 1. The number of benzene rings is 2. The molecule has 0 saturated heterocycles. The van der Waals surface area contributed by atoms with Crippen molar-refractivity contribution in [2.24, 2.45) is 5.73 Å². The summed E-state index contributed by atoms with van der Waals surface area (Å²) >= 11 is 6.21. The Kier molecular flexibility index (Phi) is 4.81. The molecule has 2 aromatic carbocycles. The fourth-order valence-corrected chi connectivity index (χ4v) is 4.18. The zero-order valence-corrected chi connectivity index (χ0v) is 15.8. The van der Waals surface area contributed by atoms with E-state index < -0.39 is 17.5 Å². The number of aromatic nitrogens is 2. The van der Waals surface area contributed by atoms with E-state index in [2.05, 4.69) is 5.10 Å². The van der Waals surface area contributed by atoms with Gasteiger partial charge in [0.15, 0.2) is 5.82 Å². The molecule has 1 aliphatic rings. The number of amides is 1. The van der Waals surface area contributed by atoms with Crippen LogP contribution in [0.2, 0.25) is 5.02 Å². The second-order valence-corrected chi connectivity index (χ2v) is 7.61. The van der Waals surface area contributed by atoms with Crippen LogP contribution in [-0.2, 0) is 11.2 Å². The van der Waals surface area contributed by atoms with Crippen LogP contribution in [0.15, 0.2) is 60.9 Å². The third-order valence-electron chi connectivity index (χ3n) is 5.15.